The fourth-order valence-corrected chi connectivity index (χ4v) is 3.20. The number of ether oxygens (including phenoxy) is 1. The Hall–Kier alpha value is -3.47. The zero-order chi connectivity index (χ0) is 18.8. The van der Waals surface area contributed by atoms with Crippen molar-refractivity contribution in [3.8, 4) is 5.75 Å². The first kappa shape index (κ1) is 17.0. The lowest BCUT2D eigenvalue weighted by Crippen LogP contribution is -2.30. The van der Waals surface area contributed by atoms with Crippen molar-refractivity contribution in [2.75, 3.05) is 30.9 Å². The number of carbonyl (C=O) groups is 1. The van der Waals surface area contributed by atoms with Crippen LogP contribution in [0.5, 0.6) is 5.75 Å². The summed E-state index contributed by atoms with van der Waals surface area (Å²) in [6, 6.07) is 21.3. The van der Waals surface area contributed by atoms with E-state index in [1.807, 2.05) is 78.7 Å². The molecular weight excluding hydrogens is 340 g/mol. The minimum atomic E-state index is -0.130. The molecule has 0 unspecified atom stereocenters. The predicted octanol–water partition coefficient (Wildman–Crippen LogP) is 4.67. The first-order valence-corrected chi connectivity index (χ1v) is 8.71. The molecule has 4 aromatic rings. The van der Waals surface area contributed by atoms with Crippen LogP contribution in [0.4, 0.5) is 11.4 Å². The van der Waals surface area contributed by atoms with Crippen LogP contribution in [0, 0.1) is 0 Å². The first-order chi connectivity index (χ1) is 13.2. The van der Waals surface area contributed by atoms with Crippen molar-refractivity contribution in [3.63, 3.8) is 0 Å². The Kier molecular flexibility index (Phi) is 4.42. The van der Waals surface area contributed by atoms with Crippen molar-refractivity contribution < 1.29 is 13.9 Å². The number of para-hydroxylation sites is 2. The molecule has 0 spiro atoms. The number of methoxy groups -OCH3 is 1. The Balaban J connectivity index is 1.61. The minimum absolute atomic E-state index is 0.130. The Labute approximate surface area is 157 Å². The number of furan rings is 1. The highest BCUT2D eigenvalue weighted by Gasteiger charge is 2.15. The van der Waals surface area contributed by atoms with E-state index >= 15 is 0 Å². The zero-order valence-corrected chi connectivity index (χ0v) is 15.2. The monoisotopic (exact) mass is 360 g/mol. The van der Waals surface area contributed by atoms with E-state index in [4.69, 9.17) is 9.15 Å². The molecule has 1 aromatic heterocycles. The van der Waals surface area contributed by atoms with Crippen molar-refractivity contribution in [1.82, 2.24) is 0 Å². The third-order valence-electron chi connectivity index (χ3n) is 4.55. The largest absolute Gasteiger partial charge is 0.495 e. The van der Waals surface area contributed by atoms with Gasteiger partial charge in [0, 0.05) is 29.6 Å². The molecule has 0 saturated carbocycles. The molecule has 3 aromatic carbocycles. The van der Waals surface area contributed by atoms with E-state index in [0.717, 1.165) is 22.0 Å². The number of nitrogens with zero attached hydrogens (tertiary/aromatic N) is 1. The normalized spacial score (nSPS) is 10.9. The van der Waals surface area contributed by atoms with Crippen molar-refractivity contribution in [3.05, 3.63) is 66.7 Å². The molecule has 1 heterocycles. The summed E-state index contributed by atoms with van der Waals surface area (Å²) in [6.07, 6.45) is 0. The fraction of sp³-hybridized carbons (Fsp3) is 0.136. The van der Waals surface area contributed by atoms with E-state index in [9.17, 15) is 4.79 Å². The molecule has 0 aliphatic heterocycles. The molecule has 1 N–H and O–H groups in total. The van der Waals surface area contributed by atoms with Crippen molar-refractivity contribution in [1.29, 1.82) is 0 Å². The summed E-state index contributed by atoms with van der Waals surface area (Å²) < 4.78 is 11.4. The van der Waals surface area contributed by atoms with Gasteiger partial charge in [0.15, 0.2) is 0 Å². The summed E-state index contributed by atoms with van der Waals surface area (Å²) in [6.45, 7) is 0.228. The van der Waals surface area contributed by atoms with E-state index in [2.05, 4.69) is 5.32 Å². The second-order valence-corrected chi connectivity index (χ2v) is 6.39. The highest BCUT2D eigenvalue weighted by atomic mass is 16.5. The second kappa shape index (κ2) is 7.03. The van der Waals surface area contributed by atoms with Crippen LogP contribution in [-0.4, -0.2) is 26.6 Å². The van der Waals surface area contributed by atoms with Crippen LogP contribution in [0.1, 0.15) is 0 Å². The molecule has 0 aliphatic rings. The molecule has 1 amide bonds. The van der Waals surface area contributed by atoms with Crippen molar-refractivity contribution in [2.24, 2.45) is 0 Å². The Morgan fingerprint density at radius 3 is 2.52 bits per heavy atom. The molecule has 136 valence electrons. The van der Waals surface area contributed by atoms with Gasteiger partial charge in [-0.25, -0.2) is 0 Å². The molecule has 0 fully saturated rings. The van der Waals surface area contributed by atoms with Crippen LogP contribution in [-0.2, 0) is 4.79 Å². The molecular formula is C22H20N2O3. The van der Waals surface area contributed by atoms with Gasteiger partial charge in [0.25, 0.3) is 0 Å². The van der Waals surface area contributed by atoms with Crippen molar-refractivity contribution in [2.45, 2.75) is 0 Å². The van der Waals surface area contributed by atoms with Crippen LogP contribution in [0.3, 0.4) is 0 Å². The number of rotatable bonds is 5. The number of fused-ring (bicyclic) bond motifs is 3. The molecule has 0 saturated heterocycles. The zero-order valence-electron chi connectivity index (χ0n) is 15.2. The SMILES string of the molecule is COc1cc2c(cc1NC(=O)CN(C)c1ccccc1)oc1ccccc12. The van der Waals surface area contributed by atoms with Gasteiger partial charge in [-0.3, -0.25) is 4.79 Å². The minimum Gasteiger partial charge on any atom is -0.495 e. The highest BCUT2D eigenvalue weighted by molar-refractivity contribution is 6.08. The Morgan fingerprint density at radius 1 is 1.00 bits per heavy atom. The average Bonchev–Trinajstić information content (AvgIpc) is 3.05. The van der Waals surface area contributed by atoms with Crippen molar-refractivity contribution >= 4 is 39.2 Å². The second-order valence-electron chi connectivity index (χ2n) is 6.39. The fourth-order valence-electron chi connectivity index (χ4n) is 3.20. The quantitative estimate of drug-likeness (QED) is 0.562. The number of amides is 1. The maximum absolute atomic E-state index is 12.5. The number of hydrogen-bond acceptors (Lipinski definition) is 4. The van der Waals surface area contributed by atoms with Crippen LogP contribution in [0.25, 0.3) is 21.9 Å². The van der Waals surface area contributed by atoms with Gasteiger partial charge < -0.3 is 19.4 Å². The van der Waals surface area contributed by atoms with Gasteiger partial charge in [-0.05, 0) is 24.3 Å². The summed E-state index contributed by atoms with van der Waals surface area (Å²) >= 11 is 0. The number of nitrogens with one attached hydrogen (secondary N) is 1. The number of anilines is 2. The third kappa shape index (κ3) is 3.31. The van der Waals surface area contributed by atoms with E-state index in [0.29, 0.717) is 17.0 Å². The van der Waals surface area contributed by atoms with Gasteiger partial charge in [0.2, 0.25) is 5.91 Å². The lowest BCUT2D eigenvalue weighted by molar-refractivity contribution is -0.114. The molecule has 0 atom stereocenters. The number of carbonyl (C=O) groups excluding carboxylic acids is 1. The van der Waals surface area contributed by atoms with E-state index in [1.54, 1.807) is 7.11 Å². The maximum atomic E-state index is 12.5. The number of benzene rings is 3. The Bertz CT molecular complexity index is 1100. The first-order valence-electron chi connectivity index (χ1n) is 8.71. The van der Waals surface area contributed by atoms with Gasteiger partial charge in [-0.2, -0.15) is 0 Å². The molecule has 4 rings (SSSR count). The number of hydrogen-bond donors (Lipinski definition) is 1. The maximum Gasteiger partial charge on any atom is 0.243 e. The van der Waals surface area contributed by atoms with Gasteiger partial charge >= 0.3 is 0 Å². The van der Waals surface area contributed by atoms with E-state index in [-0.39, 0.29) is 12.5 Å². The molecule has 5 nitrogen and oxygen atoms in total. The topological polar surface area (TPSA) is 54.7 Å². The Morgan fingerprint density at radius 2 is 1.74 bits per heavy atom. The van der Waals surface area contributed by atoms with Gasteiger partial charge in [-0.1, -0.05) is 36.4 Å². The lowest BCUT2D eigenvalue weighted by atomic mass is 10.1. The van der Waals surface area contributed by atoms with Gasteiger partial charge in [0.05, 0.1) is 19.3 Å². The van der Waals surface area contributed by atoms with Crippen LogP contribution >= 0.6 is 0 Å². The standard InChI is InChI=1S/C22H20N2O3/c1-24(15-8-4-3-5-9-15)14-22(25)23-18-13-20-17(12-21(18)26-2)16-10-6-7-11-19(16)27-20/h3-13H,14H2,1-2H3,(H,23,25). The van der Waals surface area contributed by atoms with E-state index < -0.39 is 0 Å². The summed E-state index contributed by atoms with van der Waals surface area (Å²) in [5.74, 6) is 0.472. The van der Waals surface area contributed by atoms with E-state index in [1.165, 1.54) is 0 Å². The molecule has 0 radical (unpaired) electrons. The summed E-state index contributed by atoms with van der Waals surface area (Å²) in [4.78, 5) is 14.4. The van der Waals surface area contributed by atoms with Crippen LogP contribution in [0.2, 0.25) is 0 Å². The summed E-state index contributed by atoms with van der Waals surface area (Å²) in [5.41, 5.74) is 3.09. The average molecular weight is 360 g/mol. The smallest absolute Gasteiger partial charge is 0.243 e. The number of likely N-dealkylation sites (N-methyl/N-ethyl adjacent to an activating group) is 1. The van der Waals surface area contributed by atoms with Crippen LogP contribution in [0.15, 0.2) is 71.1 Å². The molecule has 5 heteroatoms. The van der Waals surface area contributed by atoms with Gasteiger partial charge in [0.1, 0.15) is 16.9 Å². The lowest BCUT2D eigenvalue weighted by Gasteiger charge is -2.19. The molecule has 0 bridgehead atoms. The third-order valence-corrected chi connectivity index (χ3v) is 4.55. The van der Waals surface area contributed by atoms with Crippen LogP contribution < -0.4 is 15.0 Å². The summed E-state index contributed by atoms with van der Waals surface area (Å²) in [5, 5.41) is 4.91. The highest BCUT2D eigenvalue weighted by Crippen LogP contribution is 2.36. The predicted molar refractivity (Wildman–Crippen MR) is 109 cm³/mol. The van der Waals surface area contributed by atoms with Gasteiger partial charge in [-0.15, -0.1) is 0 Å². The molecule has 27 heavy (non-hydrogen) atoms. The summed E-state index contributed by atoms with van der Waals surface area (Å²) in [7, 11) is 3.48. The molecule has 0 aliphatic carbocycles.